The van der Waals surface area contributed by atoms with E-state index in [0.29, 0.717) is 17.6 Å². The van der Waals surface area contributed by atoms with Crippen LogP contribution in [0.15, 0.2) is 72.8 Å². The van der Waals surface area contributed by atoms with Crippen molar-refractivity contribution in [1.82, 2.24) is 0 Å². The third-order valence-electron chi connectivity index (χ3n) is 8.92. The Labute approximate surface area is 196 Å². The molecule has 2 heterocycles. The van der Waals surface area contributed by atoms with Crippen LogP contribution in [0.25, 0.3) is 10.8 Å². The van der Waals surface area contributed by atoms with Crippen molar-refractivity contribution < 1.29 is 26.2 Å². The van der Waals surface area contributed by atoms with Crippen LogP contribution in [-0.2, 0) is 17.9 Å². The van der Waals surface area contributed by atoms with Crippen molar-refractivity contribution in [2.75, 3.05) is 13.1 Å². The van der Waals surface area contributed by atoms with Crippen LogP contribution in [0.4, 0.5) is 0 Å². The fraction of sp³-hybridized carbons (Fsp3) is 0.429. The van der Waals surface area contributed by atoms with Crippen LogP contribution in [0.3, 0.4) is 0 Å². The summed E-state index contributed by atoms with van der Waals surface area (Å²) in [6.45, 7) is 7.00. The molecule has 3 aromatic rings. The number of nitrogens with zero attached hydrogens (tertiary/aromatic N) is 1. The van der Waals surface area contributed by atoms with Gasteiger partial charge in [-0.25, -0.2) is 0 Å². The van der Waals surface area contributed by atoms with E-state index in [1.807, 2.05) is 0 Å². The van der Waals surface area contributed by atoms with Crippen molar-refractivity contribution in [3.63, 3.8) is 0 Å². The standard InChI is InChI=1S/C28H32NO.BrH/c1-28-25-13-14-26(28)27(30-20-21-7-3-2-4-8-21)19-29(28,16-15-25)18-22-11-12-23-9-5-6-10-24(23)17-22;/h2-12,17,25-27H,13-16,18-20H2,1H3;1H/q+1;/p-1/t25-,26+,27+,28+,29+;/m0./s1. The second-order valence-electron chi connectivity index (χ2n) is 10.1. The zero-order chi connectivity index (χ0) is 20.2. The maximum absolute atomic E-state index is 6.64. The Hall–Kier alpha value is -1.68. The van der Waals surface area contributed by atoms with E-state index >= 15 is 0 Å². The number of ether oxygens (including phenoxy) is 1. The summed E-state index contributed by atoms with van der Waals surface area (Å²) in [6.07, 6.45) is 4.52. The molecule has 3 aromatic carbocycles. The quantitative estimate of drug-likeness (QED) is 0.513. The molecule has 0 N–H and O–H groups in total. The fourth-order valence-electron chi connectivity index (χ4n) is 7.36. The minimum absolute atomic E-state index is 0. The van der Waals surface area contributed by atoms with E-state index in [1.165, 1.54) is 58.7 Å². The number of fused-ring (bicyclic) bond motifs is 1. The van der Waals surface area contributed by atoms with Crippen molar-refractivity contribution in [3.8, 4) is 0 Å². The molecule has 3 aliphatic rings. The van der Waals surface area contributed by atoms with Gasteiger partial charge < -0.3 is 26.2 Å². The van der Waals surface area contributed by atoms with Gasteiger partial charge in [0.2, 0.25) is 0 Å². The Morgan fingerprint density at radius 3 is 2.48 bits per heavy atom. The number of halogens is 1. The van der Waals surface area contributed by atoms with Crippen molar-refractivity contribution in [3.05, 3.63) is 83.9 Å². The Morgan fingerprint density at radius 2 is 1.65 bits per heavy atom. The molecule has 3 heteroatoms. The first-order valence-electron chi connectivity index (χ1n) is 11.7. The molecule has 1 saturated carbocycles. The van der Waals surface area contributed by atoms with E-state index in [9.17, 15) is 0 Å². The average Bonchev–Trinajstić information content (AvgIpc) is 3.35. The van der Waals surface area contributed by atoms with Crippen LogP contribution in [0, 0.1) is 11.8 Å². The van der Waals surface area contributed by atoms with E-state index in [2.05, 4.69) is 79.7 Å². The normalized spacial score (nSPS) is 33.4. The molecular formula is C28H32BrNO. The molecule has 31 heavy (non-hydrogen) atoms. The Morgan fingerprint density at radius 1 is 0.871 bits per heavy atom. The number of rotatable bonds is 5. The zero-order valence-corrected chi connectivity index (χ0v) is 19.9. The van der Waals surface area contributed by atoms with Gasteiger partial charge in [0.25, 0.3) is 0 Å². The van der Waals surface area contributed by atoms with Crippen LogP contribution < -0.4 is 17.0 Å². The summed E-state index contributed by atoms with van der Waals surface area (Å²) >= 11 is 0. The van der Waals surface area contributed by atoms with E-state index in [0.717, 1.165) is 19.1 Å². The Balaban J connectivity index is 0.00000204. The Kier molecular flexibility index (Phi) is 5.48. The van der Waals surface area contributed by atoms with Crippen molar-refractivity contribution >= 4 is 10.8 Å². The lowest BCUT2D eigenvalue weighted by molar-refractivity contribution is -0.966. The molecule has 0 spiro atoms. The highest BCUT2D eigenvalue weighted by atomic mass is 79.9. The molecule has 162 valence electrons. The van der Waals surface area contributed by atoms with E-state index in [-0.39, 0.29) is 17.0 Å². The maximum Gasteiger partial charge on any atom is 0.116 e. The maximum atomic E-state index is 6.64. The lowest BCUT2D eigenvalue weighted by atomic mass is 9.83. The molecule has 3 fully saturated rings. The second-order valence-corrected chi connectivity index (χ2v) is 10.1. The first-order chi connectivity index (χ1) is 14.7. The van der Waals surface area contributed by atoms with E-state index < -0.39 is 0 Å². The van der Waals surface area contributed by atoms with Crippen LogP contribution in [0.2, 0.25) is 0 Å². The zero-order valence-electron chi connectivity index (χ0n) is 18.3. The number of benzene rings is 3. The highest BCUT2D eigenvalue weighted by Crippen LogP contribution is 2.61. The number of quaternary nitrogens is 1. The van der Waals surface area contributed by atoms with Crippen LogP contribution in [0.5, 0.6) is 0 Å². The number of hydrogen-bond acceptors (Lipinski definition) is 1. The van der Waals surface area contributed by atoms with Gasteiger partial charge in [-0.05, 0) is 42.2 Å². The first-order valence-corrected chi connectivity index (χ1v) is 11.7. The second kappa shape index (κ2) is 8.03. The van der Waals surface area contributed by atoms with E-state index in [1.54, 1.807) is 0 Å². The largest absolute Gasteiger partial charge is 1.00 e. The molecule has 0 radical (unpaired) electrons. The van der Waals surface area contributed by atoms with Gasteiger partial charge in [-0.15, -0.1) is 0 Å². The van der Waals surface area contributed by atoms with Gasteiger partial charge in [0.1, 0.15) is 24.7 Å². The molecule has 0 amide bonds. The summed E-state index contributed by atoms with van der Waals surface area (Å²) in [4.78, 5) is 0. The molecule has 1 aliphatic carbocycles. The molecule has 2 aliphatic heterocycles. The summed E-state index contributed by atoms with van der Waals surface area (Å²) in [6, 6.07) is 26.6. The minimum atomic E-state index is 0. The lowest BCUT2D eigenvalue weighted by Crippen LogP contribution is -3.00. The van der Waals surface area contributed by atoms with Crippen molar-refractivity contribution in [1.29, 1.82) is 0 Å². The van der Waals surface area contributed by atoms with Gasteiger partial charge >= 0.3 is 0 Å². The van der Waals surface area contributed by atoms with Crippen molar-refractivity contribution in [2.24, 2.45) is 11.8 Å². The monoisotopic (exact) mass is 477 g/mol. The molecule has 0 bridgehead atoms. The molecule has 0 aromatic heterocycles. The molecule has 0 unspecified atom stereocenters. The van der Waals surface area contributed by atoms with Gasteiger partial charge in [0.05, 0.1) is 13.2 Å². The van der Waals surface area contributed by atoms with Gasteiger partial charge in [-0.1, -0.05) is 66.7 Å². The summed E-state index contributed by atoms with van der Waals surface area (Å²) in [5.41, 5.74) is 3.17. The van der Waals surface area contributed by atoms with Crippen LogP contribution in [0.1, 0.15) is 37.3 Å². The summed E-state index contributed by atoms with van der Waals surface area (Å²) in [5.74, 6) is 1.57. The minimum Gasteiger partial charge on any atom is -1.00 e. The first kappa shape index (κ1) is 21.2. The topological polar surface area (TPSA) is 9.23 Å². The molecule has 2 saturated heterocycles. The summed E-state index contributed by atoms with van der Waals surface area (Å²) in [7, 11) is 0. The van der Waals surface area contributed by atoms with Crippen LogP contribution in [-0.4, -0.2) is 29.2 Å². The average molecular weight is 478 g/mol. The van der Waals surface area contributed by atoms with E-state index in [4.69, 9.17) is 4.74 Å². The third kappa shape index (κ3) is 3.28. The molecule has 6 rings (SSSR count). The molecule has 2 nitrogen and oxygen atoms in total. The predicted octanol–water partition coefficient (Wildman–Crippen LogP) is 2.95. The smallest absolute Gasteiger partial charge is 0.116 e. The lowest BCUT2D eigenvalue weighted by Gasteiger charge is -2.44. The summed E-state index contributed by atoms with van der Waals surface area (Å²) in [5, 5.41) is 2.71. The van der Waals surface area contributed by atoms with Gasteiger partial charge in [0, 0.05) is 23.8 Å². The SMILES string of the molecule is C[C@@]12[C@H]3CC[C@@H]1[C@H](OCc1ccccc1)C[N@+]2(Cc1ccc2ccccc2c1)CC3.[Br-]. The fourth-order valence-corrected chi connectivity index (χ4v) is 7.36. The van der Waals surface area contributed by atoms with Gasteiger partial charge in [0.15, 0.2) is 0 Å². The highest BCUT2D eigenvalue weighted by molar-refractivity contribution is 5.82. The number of hydrogen-bond donors (Lipinski definition) is 0. The molecule has 5 atom stereocenters. The summed E-state index contributed by atoms with van der Waals surface area (Å²) < 4.78 is 7.87. The van der Waals surface area contributed by atoms with Crippen molar-refractivity contribution in [2.45, 2.75) is 51.0 Å². The van der Waals surface area contributed by atoms with Gasteiger partial charge in [-0.3, -0.25) is 0 Å². The van der Waals surface area contributed by atoms with Crippen LogP contribution >= 0.6 is 0 Å². The highest BCUT2D eigenvalue weighted by Gasteiger charge is 2.71. The Bertz CT molecular complexity index is 1070. The predicted molar refractivity (Wildman–Crippen MR) is 122 cm³/mol. The molecular weight excluding hydrogens is 446 g/mol. The van der Waals surface area contributed by atoms with Gasteiger partial charge in [-0.2, -0.15) is 0 Å². The third-order valence-corrected chi connectivity index (χ3v) is 8.92.